The Labute approximate surface area is 73.9 Å². The van der Waals surface area contributed by atoms with Gasteiger partial charge in [-0.2, -0.15) is 0 Å². The summed E-state index contributed by atoms with van der Waals surface area (Å²) in [7, 11) is 2.22. The lowest BCUT2D eigenvalue weighted by Gasteiger charge is -2.23. The van der Waals surface area contributed by atoms with Gasteiger partial charge in [0.15, 0.2) is 0 Å². The van der Waals surface area contributed by atoms with E-state index in [1.54, 1.807) is 0 Å². The summed E-state index contributed by atoms with van der Waals surface area (Å²) >= 11 is 0. The topological polar surface area (TPSA) is 15.3 Å². The Morgan fingerprint density at radius 1 is 1.58 bits per heavy atom. The van der Waals surface area contributed by atoms with Crippen molar-refractivity contribution in [3.05, 3.63) is 24.0 Å². The molecular weight excluding hydrogens is 148 g/mol. The summed E-state index contributed by atoms with van der Waals surface area (Å²) in [5.41, 5.74) is 1.54. The van der Waals surface area contributed by atoms with E-state index in [2.05, 4.69) is 29.5 Å². The lowest BCUT2D eigenvalue weighted by atomic mass is 10.0. The van der Waals surface area contributed by atoms with Crippen LogP contribution in [0.25, 0.3) is 0 Å². The third-order valence-electron chi connectivity index (χ3n) is 2.78. The molecule has 1 atom stereocenters. The van der Waals surface area contributed by atoms with Crippen LogP contribution in [-0.2, 0) is 0 Å². The number of likely N-dealkylation sites (tertiary alicyclic amines) is 1. The Morgan fingerprint density at radius 2 is 2.50 bits per heavy atom. The van der Waals surface area contributed by atoms with E-state index < -0.39 is 0 Å². The number of nitrogens with zero attached hydrogens (tertiary/aromatic N) is 1. The van der Waals surface area contributed by atoms with Crippen molar-refractivity contribution in [1.82, 2.24) is 10.2 Å². The third-order valence-corrected chi connectivity index (χ3v) is 2.78. The minimum absolute atomic E-state index is 0.697. The zero-order valence-corrected chi connectivity index (χ0v) is 7.59. The van der Waals surface area contributed by atoms with Crippen LogP contribution < -0.4 is 5.32 Å². The molecule has 2 aliphatic rings. The van der Waals surface area contributed by atoms with Crippen LogP contribution in [0.1, 0.15) is 19.3 Å². The van der Waals surface area contributed by atoms with Crippen molar-refractivity contribution in [3.63, 3.8) is 0 Å². The van der Waals surface area contributed by atoms with Crippen molar-refractivity contribution >= 4 is 0 Å². The molecule has 0 spiro atoms. The Morgan fingerprint density at radius 3 is 3.08 bits per heavy atom. The van der Waals surface area contributed by atoms with Crippen LogP contribution in [0.3, 0.4) is 0 Å². The number of nitrogens with one attached hydrogen (secondary N) is 1. The Balaban J connectivity index is 2.03. The Bertz CT molecular complexity index is 218. The second-order valence-corrected chi connectivity index (χ2v) is 3.63. The van der Waals surface area contributed by atoms with E-state index in [0.717, 1.165) is 6.42 Å². The molecule has 0 bridgehead atoms. The van der Waals surface area contributed by atoms with E-state index in [9.17, 15) is 0 Å². The van der Waals surface area contributed by atoms with Crippen molar-refractivity contribution in [2.75, 3.05) is 13.6 Å². The second-order valence-electron chi connectivity index (χ2n) is 3.63. The maximum absolute atomic E-state index is 3.16. The van der Waals surface area contributed by atoms with Crippen LogP contribution in [0.15, 0.2) is 24.0 Å². The first-order valence-electron chi connectivity index (χ1n) is 4.68. The lowest BCUT2D eigenvalue weighted by Crippen LogP contribution is -2.28. The first-order chi connectivity index (χ1) is 5.88. The van der Waals surface area contributed by atoms with Crippen LogP contribution in [0, 0.1) is 0 Å². The molecule has 0 saturated carbocycles. The fourth-order valence-corrected chi connectivity index (χ4v) is 2.09. The number of rotatable bonds is 1. The highest BCUT2D eigenvalue weighted by molar-refractivity contribution is 5.19. The molecule has 2 nitrogen and oxygen atoms in total. The van der Waals surface area contributed by atoms with Gasteiger partial charge in [-0.1, -0.05) is 6.08 Å². The standard InChI is InChI=1S/C10H16N2/c1-12-7-3-5-10(12)9-4-2-6-11-8-9/h2,6,8,10-11H,3-5,7H2,1H3. The molecule has 2 aliphatic heterocycles. The van der Waals surface area contributed by atoms with Gasteiger partial charge in [-0.05, 0) is 44.6 Å². The first-order valence-corrected chi connectivity index (χ1v) is 4.68. The fraction of sp³-hybridized carbons (Fsp3) is 0.600. The smallest absolute Gasteiger partial charge is 0.0325 e. The average molecular weight is 164 g/mol. The SMILES string of the molecule is CN1CCCC1C1=CNC=CC1. The zero-order valence-electron chi connectivity index (χ0n) is 7.59. The van der Waals surface area contributed by atoms with Crippen molar-refractivity contribution in [1.29, 1.82) is 0 Å². The summed E-state index contributed by atoms with van der Waals surface area (Å²) in [6.07, 6.45) is 10.2. The molecule has 0 aromatic heterocycles. The molecule has 2 rings (SSSR count). The second kappa shape index (κ2) is 3.31. The molecule has 0 aliphatic carbocycles. The van der Waals surface area contributed by atoms with Crippen LogP contribution in [0.2, 0.25) is 0 Å². The summed E-state index contributed by atoms with van der Waals surface area (Å²) in [6, 6.07) is 0.697. The van der Waals surface area contributed by atoms with Gasteiger partial charge in [-0.25, -0.2) is 0 Å². The highest BCUT2D eigenvalue weighted by Gasteiger charge is 2.23. The minimum atomic E-state index is 0.697. The van der Waals surface area contributed by atoms with Crippen molar-refractivity contribution in [2.45, 2.75) is 25.3 Å². The molecule has 2 heteroatoms. The van der Waals surface area contributed by atoms with Crippen molar-refractivity contribution < 1.29 is 0 Å². The molecule has 0 aromatic carbocycles. The molecule has 1 unspecified atom stereocenters. The largest absolute Gasteiger partial charge is 0.368 e. The van der Waals surface area contributed by atoms with Gasteiger partial charge in [-0.15, -0.1) is 0 Å². The van der Waals surface area contributed by atoms with Gasteiger partial charge in [0.1, 0.15) is 0 Å². The summed E-state index contributed by atoms with van der Waals surface area (Å²) in [5.74, 6) is 0. The number of likely N-dealkylation sites (N-methyl/N-ethyl adjacent to an activating group) is 1. The van der Waals surface area contributed by atoms with E-state index in [1.807, 2.05) is 6.20 Å². The van der Waals surface area contributed by atoms with E-state index >= 15 is 0 Å². The summed E-state index contributed by atoms with van der Waals surface area (Å²) in [5, 5.41) is 3.16. The van der Waals surface area contributed by atoms with Crippen molar-refractivity contribution in [3.8, 4) is 0 Å². The van der Waals surface area contributed by atoms with Crippen LogP contribution in [0.4, 0.5) is 0 Å². The van der Waals surface area contributed by atoms with Gasteiger partial charge in [0.2, 0.25) is 0 Å². The molecule has 0 radical (unpaired) electrons. The quantitative estimate of drug-likeness (QED) is 0.631. The monoisotopic (exact) mass is 164 g/mol. The maximum Gasteiger partial charge on any atom is 0.0325 e. The van der Waals surface area contributed by atoms with Gasteiger partial charge < -0.3 is 5.32 Å². The van der Waals surface area contributed by atoms with Gasteiger partial charge in [0, 0.05) is 12.2 Å². The molecule has 0 aromatic rings. The molecule has 2 heterocycles. The van der Waals surface area contributed by atoms with Gasteiger partial charge in [-0.3, -0.25) is 4.90 Å². The summed E-state index contributed by atoms with van der Waals surface area (Å²) in [4.78, 5) is 2.45. The highest BCUT2D eigenvalue weighted by atomic mass is 15.1. The Kier molecular flexibility index (Phi) is 2.17. The van der Waals surface area contributed by atoms with Crippen molar-refractivity contribution in [2.24, 2.45) is 0 Å². The normalized spacial score (nSPS) is 30.1. The molecule has 0 amide bonds. The first kappa shape index (κ1) is 7.87. The molecular formula is C10H16N2. The maximum atomic E-state index is 3.16. The van der Waals surface area contributed by atoms with Crippen LogP contribution >= 0.6 is 0 Å². The van der Waals surface area contributed by atoms with E-state index in [0.29, 0.717) is 6.04 Å². The highest BCUT2D eigenvalue weighted by Crippen LogP contribution is 2.24. The van der Waals surface area contributed by atoms with Crippen LogP contribution in [0.5, 0.6) is 0 Å². The molecule has 1 N–H and O–H groups in total. The fourth-order valence-electron chi connectivity index (χ4n) is 2.09. The predicted molar refractivity (Wildman–Crippen MR) is 50.6 cm³/mol. The van der Waals surface area contributed by atoms with E-state index in [-0.39, 0.29) is 0 Å². The van der Waals surface area contributed by atoms with E-state index in [1.165, 1.54) is 25.0 Å². The number of hydrogen-bond donors (Lipinski definition) is 1. The van der Waals surface area contributed by atoms with Crippen LogP contribution in [-0.4, -0.2) is 24.5 Å². The van der Waals surface area contributed by atoms with Gasteiger partial charge >= 0.3 is 0 Å². The third kappa shape index (κ3) is 1.39. The van der Waals surface area contributed by atoms with Gasteiger partial charge in [0.05, 0.1) is 0 Å². The number of dihydropyridines is 1. The average Bonchev–Trinajstić information content (AvgIpc) is 2.53. The van der Waals surface area contributed by atoms with E-state index in [4.69, 9.17) is 0 Å². The summed E-state index contributed by atoms with van der Waals surface area (Å²) < 4.78 is 0. The number of allylic oxidation sites excluding steroid dienone is 1. The Hall–Kier alpha value is -0.760. The zero-order chi connectivity index (χ0) is 8.39. The lowest BCUT2D eigenvalue weighted by molar-refractivity contribution is 0.341. The minimum Gasteiger partial charge on any atom is -0.368 e. The molecule has 1 fully saturated rings. The summed E-state index contributed by atoms with van der Waals surface area (Å²) in [6.45, 7) is 1.26. The molecule has 1 saturated heterocycles. The van der Waals surface area contributed by atoms with Gasteiger partial charge in [0.25, 0.3) is 0 Å². The number of hydrogen-bond acceptors (Lipinski definition) is 2. The molecule has 66 valence electrons. The molecule has 12 heavy (non-hydrogen) atoms. The predicted octanol–water partition coefficient (Wildman–Crippen LogP) is 1.47.